The minimum absolute atomic E-state index is 0.103. The van der Waals surface area contributed by atoms with Gasteiger partial charge in [0.25, 0.3) is 0 Å². The van der Waals surface area contributed by atoms with Crippen LogP contribution in [0, 0.1) is 0 Å². The summed E-state index contributed by atoms with van der Waals surface area (Å²) < 4.78 is 32.2. The van der Waals surface area contributed by atoms with Gasteiger partial charge in [0.1, 0.15) is 5.75 Å². The van der Waals surface area contributed by atoms with E-state index in [1.54, 1.807) is 31.4 Å². The second-order valence-corrected chi connectivity index (χ2v) is 6.90. The summed E-state index contributed by atoms with van der Waals surface area (Å²) >= 11 is 0. The number of esters is 1. The highest BCUT2D eigenvalue weighted by atomic mass is 16.6. The first-order valence-corrected chi connectivity index (χ1v) is 9.87. The monoisotopic (exact) mass is 450 g/mol. The Balaban J connectivity index is 1.77. The van der Waals surface area contributed by atoms with Crippen molar-refractivity contribution >= 4 is 28.8 Å². The van der Waals surface area contributed by atoms with E-state index >= 15 is 0 Å². The molecule has 0 amide bonds. The molecule has 0 radical (unpaired) electrons. The molecular formula is C24H22N2O7. The standard InChI is InChI=1S/C24H22N2O7/c1-28-16-7-6-13-8-14(22(32-5)25-17(13)12-16)9-18-24(27)33-23(26-18)15-10-19(29-2)21(31-4)20(11-15)30-3/h6-12H,1-5H3. The molecule has 9 nitrogen and oxygen atoms in total. The van der Waals surface area contributed by atoms with Gasteiger partial charge in [-0.05, 0) is 36.4 Å². The molecule has 9 heteroatoms. The van der Waals surface area contributed by atoms with Gasteiger partial charge in [-0.1, -0.05) is 0 Å². The summed E-state index contributed by atoms with van der Waals surface area (Å²) in [5.74, 6) is 1.79. The van der Waals surface area contributed by atoms with Crippen molar-refractivity contribution in [3.63, 3.8) is 0 Å². The number of nitrogens with zero attached hydrogens (tertiary/aromatic N) is 2. The summed E-state index contributed by atoms with van der Waals surface area (Å²) in [5, 5.41) is 0.851. The number of hydrogen-bond donors (Lipinski definition) is 0. The zero-order valence-corrected chi connectivity index (χ0v) is 18.8. The molecule has 0 saturated carbocycles. The van der Waals surface area contributed by atoms with Crippen molar-refractivity contribution in [3.05, 3.63) is 53.2 Å². The molecule has 170 valence electrons. The van der Waals surface area contributed by atoms with E-state index in [0.29, 0.717) is 45.5 Å². The lowest BCUT2D eigenvalue weighted by atomic mass is 10.1. The predicted molar refractivity (Wildman–Crippen MR) is 122 cm³/mol. The summed E-state index contributed by atoms with van der Waals surface area (Å²) in [5.41, 5.74) is 1.88. The van der Waals surface area contributed by atoms with E-state index in [-0.39, 0.29) is 11.6 Å². The maximum absolute atomic E-state index is 12.6. The molecule has 0 aliphatic carbocycles. The lowest BCUT2D eigenvalue weighted by Crippen LogP contribution is -2.07. The summed E-state index contributed by atoms with van der Waals surface area (Å²) in [6.45, 7) is 0. The van der Waals surface area contributed by atoms with Crippen LogP contribution in [0.25, 0.3) is 17.0 Å². The van der Waals surface area contributed by atoms with Gasteiger partial charge in [-0.2, -0.15) is 0 Å². The molecule has 0 atom stereocenters. The highest BCUT2D eigenvalue weighted by Crippen LogP contribution is 2.39. The maximum atomic E-state index is 12.6. The number of rotatable bonds is 7. The van der Waals surface area contributed by atoms with Gasteiger partial charge in [0, 0.05) is 22.6 Å². The zero-order chi connectivity index (χ0) is 23.5. The third-order valence-corrected chi connectivity index (χ3v) is 5.04. The Morgan fingerprint density at radius 2 is 1.58 bits per heavy atom. The Morgan fingerprint density at radius 3 is 2.18 bits per heavy atom. The van der Waals surface area contributed by atoms with E-state index < -0.39 is 5.97 Å². The third-order valence-electron chi connectivity index (χ3n) is 5.04. The zero-order valence-electron chi connectivity index (χ0n) is 18.8. The van der Waals surface area contributed by atoms with Gasteiger partial charge in [0.15, 0.2) is 17.2 Å². The molecule has 4 rings (SSSR count). The normalized spacial score (nSPS) is 14.2. The van der Waals surface area contributed by atoms with Crippen LogP contribution < -0.4 is 23.7 Å². The quantitative estimate of drug-likeness (QED) is 0.398. The topological polar surface area (TPSA) is 97.7 Å². The Kier molecular flexibility index (Phi) is 6.03. The van der Waals surface area contributed by atoms with Crippen LogP contribution in [0.15, 0.2) is 47.1 Å². The molecule has 0 saturated heterocycles. The fraction of sp³-hybridized carbons (Fsp3) is 0.208. The molecule has 2 aromatic carbocycles. The lowest BCUT2D eigenvalue weighted by Gasteiger charge is -2.13. The van der Waals surface area contributed by atoms with Crippen molar-refractivity contribution in [2.24, 2.45) is 4.99 Å². The number of methoxy groups -OCH3 is 5. The van der Waals surface area contributed by atoms with Gasteiger partial charge >= 0.3 is 5.97 Å². The van der Waals surface area contributed by atoms with Crippen LogP contribution in [-0.4, -0.2) is 52.4 Å². The summed E-state index contributed by atoms with van der Waals surface area (Å²) in [6.07, 6.45) is 1.57. The maximum Gasteiger partial charge on any atom is 0.363 e. The molecule has 1 aromatic heterocycles. The second-order valence-electron chi connectivity index (χ2n) is 6.90. The number of carbonyl (C=O) groups excluding carboxylic acids is 1. The van der Waals surface area contributed by atoms with Crippen molar-refractivity contribution in [2.75, 3.05) is 35.5 Å². The molecule has 0 spiro atoms. The first-order chi connectivity index (χ1) is 16.0. The van der Waals surface area contributed by atoms with Crippen LogP contribution >= 0.6 is 0 Å². The third kappa shape index (κ3) is 4.12. The molecule has 0 bridgehead atoms. The number of benzene rings is 2. The first-order valence-electron chi connectivity index (χ1n) is 9.87. The van der Waals surface area contributed by atoms with Gasteiger partial charge in [0.2, 0.25) is 17.5 Å². The van der Waals surface area contributed by atoms with Crippen molar-refractivity contribution in [1.82, 2.24) is 4.98 Å². The van der Waals surface area contributed by atoms with E-state index in [0.717, 1.165) is 5.39 Å². The number of aliphatic imine (C=N–C) groups is 1. The van der Waals surface area contributed by atoms with E-state index in [2.05, 4.69) is 9.98 Å². The summed E-state index contributed by atoms with van der Waals surface area (Å²) in [7, 11) is 7.61. The molecule has 0 fully saturated rings. The van der Waals surface area contributed by atoms with Crippen molar-refractivity contribution in [3.8, 4) is 28.9 Å². The average molecular weight is 450 g/mol. The molecule has 3 aromatic rings. The Hall–Kier alpha value is -4.27. The molecule has 1 aliphatic rings. The van der Waals surface area contributed by atoms with E-state index in [9.17, 15) is 4.79 Å². The van der Waals surface area contributed by atoms with Crippen molar-refractivity contribution < 1.29 is 33.2 Å². The Morgan fingerprint density at radius 1 is 0.848 bits per heavy atom. The van der Waals surface area contributed by atoms with Crippen LogP contribution in [0.3, 0.4) is 0 Å². The summed E-state index contributed by atoms with van der Waals surface area (Å²) in [4.78, 5) is 21.5. The number of cyclic esters (lactones) is 1. The van der Waals surface area contributed by atoms with Crippen LogP contribution in [0.4, 0.5) is 0 Å². The fourth-order valence-corrected chi connectivity index (χ4v) is 3.42. The molecule has 33 heavy (non-hydrogen) atoms. The lowest BCUT2D eigenvalue weighted by molar-refractivity contribution is -0.129. The molecule has 0 unspecified atom stereocenters. The number of aromatic nitrogens is 1. The minimum atomic E-state index is -0.601. The van der Waals surface area contributed by atoms with Gasteiger partial charge < -0.3 is 28.4 Å². The van der Waals surface area contributed by atoms with Gasteiger partial charge in [-0.3, -0.25) is 0 Å². The van der Waals surface area contributed by atoms with Gasteiger partial charge in [-0.15, -0.1) is 0 Å². The molecule has 2 heterocycles. The van der Waals surface area contributed by atoms with Crippen LogP contribution in [0.5, 0.6) is 28.9 Å². The van der Waals surface area contributed by atoms with Crippen LogP contribution in [0.2, 0.25) is 0 Å². The Bertz CT molecular complexity index is 1270. The van der Waals surface area contributed by atoms with Crippen molar-refractivity contribution in [2.45, 2.75) is 0 Å². The number of hydrogen-bond acceptors (Lipinski definition) is 9. The molecule has 1 aliphatic heterocycles. The van der Waals surface area contributed by atoms with Gasteiger partial charge in [-0.25, -0.2) is 14.8 Å². The number of carbonyl (C=O) groups is 1. The highest BCUT2D eigenvalue weighted by Gasteiger charge is 2.27. The Labute approximate surface area is 190 Å². The number of pyridine rings is 1. The summed E-state index contributed by atoms with van der Waals surface area (Å²) in [6, 6.07) is 10.7. The van der Waals surface area contributed by atoms with E-state index in [4.69, 9.17) is 28.4 Å². The van der Waals surface area contributed by atoms with E-state index in [1.165, 1.54) is 28.4 Å². The highest BCUT2D eigenvalue weighted by molar-refractivity contribution is 6.13. The van der Waals surface area contributed by atoms with Gasteiger partial charge in [0.05, 0.1) is 41.1 Å². The van der Waals surface area contributed by atoms with E-state index in [1.807, 2.05) is 18.2 Å². The second kappa shape index (κ2) is 9.07. The largest absolute Gasteiger partial charge is 0.497 e. The molecule has 0 N–H and O–H groups in total. The number of ether oxygens (including phenoxy) is 6. The van der Waals surface area contributed by atoms with Crippen LogP contribution in [-0.2, 0) is 9.53 Å². The molecular weight excluding hydrogens is 428 g/mol. The number of fused-ring (bicyclic) bond motifs is 1. The van der Waals surface area contributed by atoms with Crippen LogP contribution in [0.1, 0.15) is 11.1 Å². The SMILES string of the molecule is COc1ccc2cc(C=C3N=C(c4cc(OC)c(OC)c(OC)c4)OC3=O)c(OC)nc2c1. The first kappa shape index (κ1) is 21.9. The van der Waals surface area contributed by atoms with Crippen molar-refractivity contribution in [1.29, 1.82) is 0 Å². The fourth-order valence-electron chi connectivity index (χ4n) is 3.42. The average Bonchev–Trinajstić information content (AvgIpc) is 3.22. The smallest absolute Gasteiger partial charge is 0.363 e. The minimum Gasteiger partial charge on any atom is -0.497 e. The predicted octanol–water partition coefficient (Wildman–Crippen LogP) is 3.62.